The maximum atomic E-state index is 12.9. The number of benzene rings is 3. The molecular weight excluding hydrogens is 424 g/mol. The summed E-state index contributed by atoms with van der Waals surface area (Å²) < 4.78 is 6.16. The van der Waals surface area contributed by atoms with Gasteiger partial charge in [-0.2, -0.15) is 0 Å². The number of piperazine rings is 1. The van der Waals surface area contributed by atoms with Gasteiger partial charge >= 0.3 is 6.03 Å². The van der Waals surface area contributed by atoms with Gasteiger partial charge in [-0.15, -0.1) is 0 Å². The molecule has 5 rings (SSSR count). The molecule has 3 aromatic rings. The summed E-state index contributed by atoms with van der Waals surface area (Å²) in [6.45, 7) is 3.99. The van der Waals surface area contributed by atoms with Crippen LogP contribution in [0.5, 0.6) is 11.5 Å². The van der Waals surface area contributed by atoms with E-state index in [1.54, 1.807) is 24.3 Å². The summed E-state index contributed by atoms with van der Waals surface area (Å²) in [5.41, 5.74) is 2.48. The van der Waals surface area contributed by atoms with E-state index in [1.807, 2.05) is 53.4 Å². The Hall–Kier alpha value is -3.51. The van der Waals surface area contributed by atoms with Gasteiger partial charge in [0.2, 0.25) is 0 Å². The first-order valence-corrected chi connectivity index (χ1v) is 11.0. The number of hydrogen-bond donors (Lipinski definition) is 1. The zero-order chi connectivity index (χ0) is 22.1. The summed E-state index contributed by atoms with van der Waals surface area (Å²) in [5, 5.41) is 3.60. The van der Waals surface area contributed by atoms with E-state index in [2.05, 4.69) is 17.1 Å². The number of carbonyl (C=O) groups is 1. The molecule has 2 aliphatic rings. The monoisotopic (exact) mass is 446 g/mol. The number of halogens is 1. The van der Waals surface area contributed by atoms with Crippen LogP contribution >= 0.6 is 11.6 Å². The third kappa shape index (κ3) is 4.01. The minimum absolute atomic E-state index is 0.00493. The van der Waals surface area contributed by atoms with Gasteiger partial charge in [-0.25, -0.2) is 9.79 Å². The zero-order valence-electron chi connectivity index (χ0n) is 17.7. The second kappa shape index (κ2) is 8.55. The van der Waals surface area contributed by atoms with Gasteiger partial charge in [-0.3, -0.25) is 0 Å². The number of nitrogens with zero attached hydrogens (tertiary/aromatic N) is 3. The highest BCUT2D eigenvalue weighted by atomic mass is 35.5. The number of rotatable bonds is 1. The van der Waals surface area contributed by atoms with Gasteiger partial charge < -0.3 is 19.9 Å². The third-order valence-corrected chi connectivity index (χ3v) is 5.97. The fourth-order valence-electron chi connectivity index (χ4n) is 4.09. The lowest BCUT2D eigenvalue weighted by Gasteiger charge is -2.41. The van der Waals surface area contributed by atoms with E-state index in [0.29, 0.717) is 24.7 Å². The number of urea groups is 1. The number of amidine groups is 1. The number of para-hydroxylation sites is 3. The van der Waals surface area contributed by atoms with Crippen LogP contribution in [0.3, 0.4) is 0 Å². The summed E-state index contributed by atoms with van der Waals surface area (Å²) >= 11 is 5.94. The molecule has 2 heterocycles. The normalized spacial score (nSPS) is 17.4. The van der Waals surface area contributed by atoms with Gasteiger partial charge in [0.25, 0.3) is 0 Å². The van der Waals surface area contributed by atoms with Gasteiger partial charge in [0.05, 0.1) is 5.56 Å². The summed E-state index contributed by atoms with van der Waals surface area (Å²) in [6, 6.07) is 22.8. The van der Waals surface area contributed by atoms with E-state index in [1.165, 1.54) is 0 Å². The fraction of sp³-hybridized carbons (Fsp3) is 0.200. The molecule has 0 aromatic heterocycles. The Labute approximate surface area is 192 Å². The molecule has 0 bridgehead atoms. The number of hydrogen-bond acceptors (Lipinski definition) is 4. The van der Waals surface area contributed by atoms with Gasteiger partial charge in [0.1, 0.15) is 17.3 Å². The summed E-state index contributed by atoms with van der Waals surface area (Å²) in [5.74, 6) is 2.39. The summed E-state index contributed by atoms with van der Waals surface area (Å²) in [6.07, 6.45) is 0. The number of nitrogens with one attached hydrogen (secondary N) is 1. The highest BCUT2D eigenvalue weighted by Crippen LogP contribution is 2.38. The van der Waals surface area contributed by atoms with Crippen molar-refractivity contribution < 1.29 is 9.53 Å². The Balaban J connectivity index is 1.37. The van der Waals surface area contributed by atoms with Crippen molar-refractivity contribution >= 4 is 34.8 Å². The average molecular weight is 447 g/mol. The quantitative estimate of drug-likeness (QED) is 0.516. The highest BCUT2D eigenvalue weighted by molar-refractivity contribution is 6.30. The third-order valence-electron chi connectivity index (χ3n) is 5.72. The second-order valence-corrected chi connectivity index (χ2v) is 8.36. The molecule has 1 unspecified atom stereocenters. The molecular formula is C25H23ClN4O2. The van der Waals surface area contributed by atoms with Crippen LogP contribution in [0.15, 0.2) is 77.8 Å². The molecule has 7 heteroatoms. The molecule has 1 N–H and O–H groups in total. The SMILES string of the molecule is CC1CN(C2=Nc3ccccc3Oc3ccccc32)CCN1C(=O)Nc1ccc(Cl)cc1. The molecule has 2 amide bonds. The van der Waals surface area contributed by atoms with Gasteiger partial charge in [0, 0.05) is 36.4 Å². The fourth-order valence-corrected chi connectivity index (χ4v) is 4.22. The summed E-state index contributed by atoms with van der Waals surface area (Å²) in [4.78, 5) is 21.9. The Morgan fingerprint density at radius 1 is 1.00 bits per heavy atom. The van der Waals surface area contributed by atoms with Crippen LogP contribution in [0.25, 0.3) is 0 Å². The Kier molecular flexibility index (Phi) is 5.45. The molecule has 2 aliphatic heterocycles. The second-order valence-electron chi connectivity index (χ2n) is 7.93. The van der Waals surface area contributed by atoms with E-state index < -0.39 is 0 Å². The van der Waals surface area contributed by atoms with Crippen LogP contribution in [0.1, 0.15) is 12.5 Å². The zero-order valence-corrected chi connectivity index (χ0v) is 18.4. The minimum Gasteiger partial charge on any atom is -0.454 e. The molecule has 0 radical (unpaired) electrons. The Morgan fingerprint density at radius 2 is 1.72 bits per heavy atom. The average Bonchev–Trinajstić information content (AvgIpc) is 2.97. The lowest BCUT2D eigenvalue weighted by molar-refractivity contribution is 0.145. The standard InChI is InChI=1S/C25H23ClN4O2/c1-17-16-29(14-15-30(17)25(31)27-19-12-10-18(26)11-13-19)24-20-6-2-4-8-22(20)32-23-9-5-3-7-21(23)28-24/h2-13,17H,14-16H2,1H3,(H,27,31). The van der Waals surface area contributed by atoms with Gasteiger partial charge in [-0.05, 0) is 55.5 Å². The van der Waals surface area contributed by atoms with Crippen LogP contribution in [0, 0.1) is 0 Å². The number of anilines is 1. The van der Waals surface area contributed by atoms with E-state index in [-0.39, 0.29) is 12.1 Å². The maximum Gasteiger partial charge on any atom is 0.322 e. The number of carbonyl (C=O) groups excluding carboxylic acids is 1. The molecule has 162 valence electrons. The smallest absolute Gasteiger partial charge is 0.322 e. The molecule has 1 saturated heterocycles. The van der Waals surface area contributed by atoms with Crippen molar-refractivity contribution in [1.82, 2.24) is 9.80 Å². The lowest BCUT2D eigenvalue weighted by atomic mass is 10.1. The van der Waals surface area contributed by atoms with Crippen molar-refractivity contribution in [3.8, 4) is 11.5 Å². The topological polar surface area (TPSA) is 57.2 Å². The number of aliphatic imine (C=N–C) groups is 1. The number of amides is 2. The summed E-state index contributed by atoms with van der Waals surface area (Å²) in [7, 11) is 0. The molecule has 0 aliphatic carbocycles. The molecule has 6 nitrogen and oxygen atoms in total. The van der Waals surface area contributed by atoms with Crippen LogP contribution in [0.2, 0.25) is 5.02 Å². The predicted molar refractivity (Wildman–Crippen MR) is 127 cm³/mol. The Bertz CT molecular complexity index is 1180. The van der Waals surface area contributed by atoms with Crippen molar-refractivity contribution in [2.45, 2.75) is 13.0 Å². The first-order valence-electron chi connectivity index (χ1n) is 10.6. The van der Waals surface area contributed by atoms with Crippen LogP contribution < -0.4 is 10.1 Å². The van der Waals surface area contributed by atoms with Crippen molar-refractivity contribution in [3.05, 3.63) is 83.4 Å². The molecule has 1 fully saturated rings. The molecule has 32 heavy (non-hydrogen) atoms. The largest absolute Gasteiger partial charge is 0.454 e. The van der Waals surface area contributed by atoms with Crippen molar-refractivity contribution in [1.29, 1.82) is 0 Å². The van der Waals surface area contributed by atoms with Gasteiger partial charge in [0.15, 0.2) is 5.75 Å². The van der Waals surface area contributed by atoms with Crippen LogP contribution in [-0.4, -0.2) is 47.3 Å². The number of ether oxygens (including phenoxy) is 1. The minimum atomic E-state index is -0.114. The van der Waals surface area contributed by atoms with Crippen LogP contribution in [0.4, 0.5) is 16.2 Å². The highest BCUT2D eigenvalue weighted by Gasteiger charge is 2.31. The van der Waals surface area contributed by atoms with Crippen molar-refractivity contribution in [3.63, 3.8) is 0 Å². The van der Waals surface area contributed by atoms with Crippen molar-refractivity contribution in [2.75, 3.05) is 25.0 Å². The van der Waals surface area contributed by atoms with Gasteiger partial charge in [-0.1, -0.05) is 35.9 Å². The van der Waals surface area contributed by atoms with Crippen LogP contribution in [-0.2, 0) is 0 Å². The molecule has 1 atom stereocenters. The first-order chi connectivity index (χ1) is 15.6. The molecule has 0 saturated carbocycles. The van der Waals surface area contributed by atoms with E-state index in [4.69, 9.17) is 21.3 Å². The van der Waals surface area contributed by atoms with E-state index >= 15 is 0 Å². The Morgan fingerprint density at radius 3 is 2.50 bits per heavy atom. The first kappa shape index (κ1) is 20.4. The molecule has 0 spiro atoms. The predicted octanol–water partition coefficient (Wildman–Crippen LogP) is 5.76. The number of fused-ring (bicyclic) bond motifs is 2. The lowest BCUT2D eigenvalue weighted by Crippen LogP contribution is -2.56. The maximum absolute atomic E-state index is 12.9. The van der Waals surface area contributed by atoms with E-state index in [0.717, 1.165) is 34.3 Å². The van der Waals surface area contributed by atoms with E-state index in [9.17, 15) is 4.79 Å². The molecule has 3 aromatic carbocycles. The van der Waals surface area contributed by atoms with Crippen molar-refractivity contribution in [2.24, 2.45) is 4.99 Å².